The van der Waals surface area contributed by atoms with E-state index < -0.39 is 0 Å². The molecule has 1 aliphatic rings. The zero-order valence-electron chi connectivity index (χ0n) is 15.1. The molecule has 1 saturated carbocycles. The van der Waals surface area contributed by atoms with E-state index in [0.717, 1.165) is 12.8 Å². The van der Waals surface area contributed by atoms with Crippen LogP contribution in [0, 0.1) is 0 Å². The molecule has 0 heterocycles. The van der Waals surface area contributed by atoms with Crippen LogP contribution in [0.3, 0.4) is 0 Å². The molecule has 0 spiro atoms. The smallest absolute Gasteiger partial charge is 0.410 e. The van der Waals surface area contributed by atoms with Crippen molar-refractivity contribution in [3.8, 4) is 5.75 Å². The molecule has 2 aromatic carbocycles. The number of carbonyl (C=O) groups is 1. The molecule has 3 rings (SSSR count). The van der Waals surface area contributed by atoms with Crippen LogP contribution in [0.5, 0.6) is 5.75 Å². The maximum atomic E-state index is 12.1. The van der Waals surface area contributed by atoms with Crippen molar-refractivity contribution in [3.63, 3.8) is 0 Å². The Morgan fingerprint density at radius 3 is 2.16 bits per heavy atom. The Kier molecular flexibility index (Phi) is 5.42. The monoisotopic (exact) mass is 337 g/mol. The van der Waals surface area contributed by atoms with E-state index in [-0.39, 0.29) is 17.6 Å². The molecule has 3 nitrogen and oxygen atoms in total. The summed E-state index contributed by atoms with van der Waals surface area (Å²) in [5, 5.41) is 2.98. The van der Waals surface area contributed by atoms with Crippen LogP contribution < -0.4 is 10.1 Å². The predicted octanol–water partition coefficient (Wildman–Crippen LogP) is 5.43. The maximum Gasteiger partial charge on any atom is 0.412 e. The van der Waals surface area contributed by atoms with Gasteiger partial charge in [0.2, 0.25) is 0 Å². The Labute approximate surface area is 150 Å². The first kappa shape index (κ1) is 17.5. The maximum absolute atomic E-state index is 12.1. The van der Waals surface area contributed by atoms with Crippen LogP contribution in [0.25, 0.3) is 0 Å². The Balaban J connectivity index is 1.63. The summed E-state index contributed by atoms with van der Waals surface area (Å²) < 4.78 is 5.44. The van der Waals surface area contributed by atoms with E-state index in [1.54, 1.807) is 0 Å². The molecule has 0 saturated heterocycles. The second kappa shape index (κ2) is 7.73. The van der Waals surface area contributed by atoms with Crippen molar-refractivity contribution in [2.75, 3.05) is 0 Å². The third-order valence-corrected chi connectivity index (χ3v) is 5.21. The molecule has 0 radical (unpaired) electrons. The summed E-state index contributed by atoms with van der Waals surface area (Å²) in [7, 11) is 0. The summed E-state index contributed by atoms with van der Waals surface area (Å²) in [6.45, 7) is 4.40. The minimum absolute atomic E-state index is 0.0931. The first-order valence-electron chi connectivity index (χ1n) is 9.20. The Hall–Kier alpha value is -2.29. The van der Waals surface area contributed by atoms with Crippen LogP contribution in [0.4, 0.5) is 4.79 Å². The molecule has 0 aromatic heterocycles. The summed E-state index contributed by atoms with van der Waals surface area (Å²) in [6.07, 6.45) is 5.41. The van der Waals surface area contributed by atoms with Gasteiger partial charge in [-0.3, -0.25) is 0 Å². The van der Waals surface area contributed by atoms with Gasteiger partial charge in [0, 0.05) is 11.5 Å². The van der Waals surface area contributed by atoms with Gasteiger partial charge in [0.25, 0.3) is 0 Å². The topological polar surface area (TPSA) is 38.3 Å². The van der Waals surface area contributed by atoms with Crippen molar-refractivity contribution in [3.05, 3.63) is 65.7 Å². The van der Waals surface area contributed by atoms with E-state index in [4.69, 9.17) is 4.74 Å². The number of rotatable bonds is 4. The average molecular weight is 337 g/mol. The van der Waals surface area contributed by atoms with Crippen molar-refractivity contribution in [1.29, 1.82) is 0 Å². The van der Waals surface area contributed by atoms with Crippen molar-refractivity contribution >= 4 is 6.09 Å². The number of amides is 1. The van der Waals surface area contributed by atoms with Gasteiger partial charge in [-0.05, 0) is 36.1 Å². The number of hydrogen-bond donors (Lipinski definition) is 1. The Morgan fingerprint density at radius 1 is 0.920 bits per heavy atom. The van der Waals surface area contributed by atoms with E-state index in [2.05, 4.69) is 43.4 Å². The van der Waals surface area contributed by atoms with Gasteiger partial charge in [-0.2, -0.15) is 0 Å². The number of ether oxygens (including phenoxy) is 1. The highest BCUT2D eigenvalue weighted by Crippen LogP contribution is 2.32. The van der Waals surface area contributed by atoms with E-state index >= 15 is 0 Å². The zero-order valence-corrected chi connectivity index (χ0v) is 15.1. The normalized spacial score (nSPS) is 15.6. The third-order valence-electron chi connectivity index (χ3n) is 5.21. The number of hydrogen-bond acceptors (Lipinski definition) is 2. The van der Waals surface area contributed by atoms with Gasteiger partial charge in [0.15, 0.2) is 0 Å². The van der Waals surface area contributed by atoms with Gasteiger partial charge < -0.3 is 10.1 Å². The third kappa shape index (κ3) is 4.41. The van der Waals surface area contributed by atoms with Crippen molar-refractivity contribution in [1.82, 2.24) is 5.32 Å². The summed E-state index contributed by atoms with van der Waals surface area (Å²) in [5.74, 6) is 0.584. The molecule has 1 amide bonds. The van der Waals surface area contributed by atoms with E-state index in [9.17, 15) is 4.79 Å². The van der Waals surface area contributed by atoms with Gasteiger partial charge in [0.05, 0.1) is 0 Å². The SMILES string of the molecule is CC(C)(c1ccccc1)c1ccc(OC(=O)NC2CCCCC2)cc1. The molecule has 1 fully saturated rings. The minimum atomic E-state index is -0.345. The highest BCUT2D eigenvalue weighted by Gasteiger charge is 2.23. The van der Waals surface area contributed by atoms with Crippen molar-refractivity contribution in [2.24, 2.45) is 0 Å². The molecular weight excluding hydrogens is 310 g/mol. The predicted molar refractivity (Wildman–Crippen MR) is 101 cm³/mol. The summed E-state index contributed by atoms with van der Waals surface area (Å²) in [4.78, 5) is 12.1. The largest absolute Gasteiger partial charge is 0.412 e. The molecule has 0 bridgehead atoms. The van der Waals surface area contributed by atoms with Crippen LogP contribution in [0.1, 0.15) is 57.1 Å². The number of benzene rings is 2. The van der Waals surface area contributed by atoms with E-state index in [1.807, 2.05) is 30.3 Å². The van der Waals surface area contributed by atoms with Gasteiger partial charge in [-0.25, -0.2) is 4.79 Å². The molecule has 2 aromatic rings. The van der Waals surface area contributed by atoms with Gasteiger partial charge in [-0.15, -0.1) is 0 Å². The van der Waals surface area contributed by atoms with Crippen LogP contribution >= 0.6 is 0 Å². The lowest BCUT2D eigenvalue weighted by Gasteiger charge is -2.26. The zero-order chi connectivity index (χ0) is 17.7. The summed E-state index contributed by atoms with van der Waals surface area (Å²) in [6, 6.07) is 18.5. The van der Waals surface area contributed by atoms with Gasteiger partial charge >= 0.3 is 6.09 Å². The lowest BCUT2D eigenvalue weighted by molar-refractivity contribution is 0.192. The molecule has 0 unspecified atom stereocenters. The fourth-order valence-electron chi connectivity index (χ4n) is 3.51. The highest BCUT2D eigenvalue weighted by molar-refractivity contribution is 5.70. The second-order valence-electron chi connectivity index (χ2n) is 7.38. The fourth-order valence-corrected chi connectivity index (χ4v) is 3.51. The van der Waals surface area contributed by atoms with Crippen LogP contribution in [0.2, 0.25) is 0 Å². The first-order chi connectivity index (χ1) is 12.1. The second-order valence-corrected chi connectivity index (χ2v) is 7.38. The molecule has 3 heteroatoms. The minimum Gasteiger partial charge on any atom is -0.410 e. The molecular formula is C22H27NO2. The summed E-state index contributed by atoms with van der Waals surface area (Å²) >= 11 is 0. The first-order valence-corrected chi connectivity index (χ1v) is 9.20. The Bertz CT molecular complexity index is 686. The molecule has 1 aliphatic carbocycles. The average Bonchev–Trinajstić information content (AvgIpc) is 2.63. The fraction of sp³-hybridized carbons (Fsp3) is 0.409. The van der Waals surface area contributed by atoms with Crippen LogP contribution in [-0.4, -0.2) is 12.1 Å². The van der Waals surface area contributed by atoms with Gasteiger partial charge in [0.1, 0.15) is 5.75 Å². The number of nitrogens with one attached hydrogen (secondary N) is 1. The van der Waals surface area contributed by atoms with Crippen molar-refractivity contribution in [2.45, 2.75) is 57.4 Å². The van der Waals surface area contributed by atoms with E-state index in [0.29, 0.717) is 5.75 Å². The lowest BCUT2D eigenvalue weighted by Crippen LogP contribution is -2.38. The molecule has 0 atom stereocenters. The van der Waals surface area contributed by atoms with Crippen molar-refractivity contribution < 1.29 is 9.53 Å². The van der Waals surface area contributed by atoms with E-state index in [1.165, 1.54) is 30.4 Å². The molecule has 25 heavy (non-hydrogen) atoms. The Morgan fingerprint density at radius 2 is 1.52 bits per heavy atom. The summed E-state index contributed by atoms with van der Waals surface area (Å²) in [5.41, 5.74) is 2.36. The lowest BCUT2D eigenvalue weighted by atomic mass is 9.78. The molecule has 132 valence electrons. The van der Waals surface area contributed by atoms with Crippen LogP contribution in [-0.2, 0) is 5.41 Å². The highest BCUT2D eigenvalue weighted by atomic mass is 16.6. The molecule has 0 aliphatic heterocycles. The van der Waals surface area contributed by atoms with Crippen LogP contribution in [0.15, 0.2) is 54.6 Å². The standard InChI is InChI=1S/C22H27NO2/c1-22(2,17-9-5-3-6-10-17)18-13-15-20(16-14-18)25-21(24)23-19-11-7-4-8-12-19/h3,5-6,9-10,13-16,19H,4,7-8,11-12H2,1-2H3,(H,23,24). The van der Waals surface area contributed by atoms with Gasteiger partial charge in [-0.1, -0.05) is 75.6 Å². The number of carbonyl (C=O) groups excluding carboxylic acids is 1. The quantitative estimate of drug-likeness (QED) is 0.807. The molecule has 1 N–H and O–H groups in total.